The minimum absolute atomic E-state index is 0.0492. The zero-order valence-electron chi connectivity index (χ0n) is 9.75. The van der Waals surface area contributed by atoms with Crippen molar-refractivity contribution in [3.05, 3.63) is 46.0 Å². The van der Waals surface area contributed by atoms with Crippen molar-refractivity contribution in [1.29, 1.82) is 0 Å². The zero-order valence-corrected chi connectivity index (χ0v) is 11.3. The van der Waals surface area contributed by atoms with Gasteiger partial charge in [-0.1, -0.05) is 36.5 Å². The average Bonchev–Trinajstić information content (AvgIpc) is 2.32. The minimum Gasteiger partial charge on any atom is -0.233 e. The Bertz CT molecular complexity index is 573. The Labute approximate surface area is 115 Å². The average molecular weight is 285 g/mol. The molecule has 2 rings (SSSR count). The molecule has 0 unspecified atom stereocenters. The molecular formula is C13H11Cl2FN2. The van der Waals surface area contributed by atoms with Gasteiger partial charge in [-0.25, -0.2) is 14.4 Å². The van der Waals surface area contributed by atoms with E-state index in [1.165, 1.54) is 12.1 Å². The highest BCUT2D eigenvalue weighted by Crippen LogP contribution is 2.24. The summed E-state index contributed by atoms with van der Waals surface area (Å²) < 4.78 is 13.1. The lowest BCUT2D eigenvalue weighted by Gasteiger charge is -2.05. The van der Waals surface area contributed by atoms with Crippen LogP contribution in [0, 0.1) is 5.82 Å². The highest BCUT2D eigenvalue weighted by Gasteiger charge is 2.08. The maximum atomic E-state index is 13.1. The molecule has 0 saturated heterocycles. The van der Waals surface area contributed by atoms with Gasteiger partial charge in [0.2, 0.25) is 0 Å². The van der Waals surface area contributed by atoms with Crippen molar-refractivity contribution < 1.29 is 4.39 Å². The van der Waals surface area contributed by atoms with E-state index in [4.69, 9.17) is 23.2 Å². The monoisotopic (exact) mass is 284 g/mol. The second kappa shape index (κ2) is 5.63. The summed E-state index contributed by atoms with van der Waals surface area (Å²) in [5, 5.41) is 0.428. The molecule has 94 valence electrons. The van der Waals surface area contributed by atoms with Gasteiger partial charge in [0.1, 0.15) is 11.0 Å². The second-order valence-electron chi connectivity index (χ2n) is 3.88. The van der Waals surface area contributed by atoms with Crippen LogP contribution < -0.4 is 0 Å². The van der Waals surface area contributed by atoms with E-state index in [-0.39, 0.29) is 5.02 Å². The molecule has 1 aromatic heterocycles. The van der Waals surface area contributed by atoms with Crippen molar-refractivity contribution in [2.24, 2.45) is 0 Å². The maximum absolute atomic E-state index is 13.1. The largest absolute Gasteiger partial charge is 0.233 e. The number of benzene rings is 1. The van der Waals surface area contributed by atoms with Crippen LogP contribution >= 0.6 is 23.2 Å². The van der Waals surface area contributed by atoms with Gasteiger partial charge in [-0.05, 0) is 30.7 Å². The molecule has 0 aliphatic heterocycles. The lowest BCUT2D eigenvalue weighted by atomic mass is 10.2. The lowest BCUT2D eigenvalue weighted by Crippen LogP contribution is -1.96. The molecule has 0 atom stereocenters. The first-order chi connectivity index (χ1) is 8.60. The molecule has 0 aliphatic carbocycles. The van der Waals surface area contributed by atoms with E-state index >= 15 is 0 Å². The van der Waals surface area contributed by atoms with Crippen LogP contribution in [0.5, 0.6) is 0 Å². The van der Waals surface area contributed by atoms with Gasteiger partial charge in [-0.3, -0.25) is 0 Å². The maximum Gasteiger partial charge on any atom is 0.161 e. The molecule has 0 spiro atoms. The molecular weight excluding hydrogens is 274 g/mol. The first-order valence-electron chi connectivity index (χ1n) is 5.59. The van der Waals surface area contributed by atoms with Crippen molar-refractivity contribution in [3.63, 3.8) is 0 Å². The van der Waals surface area contributed by atoms with Crippen LogP contribution in [0.3, 0.4) is 0 Å². The Morgan fingerprint density at radius 1 is 1.17 bits per heavy atom. The Kier molecular flexibility index (Phi) is 4.15. The van der Waals surface area contributed by atoms with E-state index in [9.17, 15) is 4.39 Å². The summed E-state index contributed by atoms with van der Waals surface area (Å²) in [4.78, 5) is 8.52. The standard InChI is InChI=1S/C13H11Cl2FN2/c1-2-3-9-7-12(15)18-13(17-9)8-4-5-11(16)10(14)6-8/h4-7H,2-3H2,1H3. The minimum atomic E-state index is -0.462. The number of halogens is 3. The van der Waals surface area contributed by atoms with Crippen LogP contribution in [-0.4, -0.2) is 9.97 Å². The van der Waals surface area contributed by atoms with Gasteiger partial charge in [0.15, 0.2) is 5.82 Å². The van der Waals surface area contributed by atoms with Gasteiger partial charge in [-0.15, -0.1) is 0 Å². The summed E-state index contributed by atoms with van der Waals surface area (Å²) in [6.07, 6.45) is 1.79. The summed E-state index contributed by atoms with van der Waals surface area (Å²) in [6, 6.07) is 6.11. The first kappa shape index (κ1) is 13.2. The second-order valence-corrected chi connectivity index (χ2v) is 4.68. The van der Waals surface area contributed by atoms with E-state index in [0.717, 1.165) is 18.5 Å². The predicted molar refractivity (Wildman–Crippen MR) is 71.4 cm³/mol. The molecule has 1 aromatic carbocycles. The van der Waals surface area contributed by atoms with Crippen LogP contribution in [0.15, 0.2) is 24.3 Å². The molecule has 0 radical (unpaired) electrons. The van der Waals surface area contributed by atoms with Gasteiger partial charge in [-0.2, -0.15) is 0 Å². The van der Waals surface area contributed by atoms with E-state index < -0.39 is 5.82 Å². The zero-order chi connectivity index (χ0) is 13.1. The van der Waals surface area contributed by atoms with E-state index in [2.05, 4.69) is 16.9 Å². The third kappa shape index (κ3) is 2.98. The van der Waals surface area contributed by atoms with Crippen molar-refractivity contribution in [2.45, 2.75) is 19.8 Å². The molecule has 0 amide bonds. The van der Waals surface area contributed by atoms with E-state index in [1.807, 2.05) is 0 Å². The SMILES string of the molecule is CCCc1cc(Cl)nc(-c2ccc(F)c(Cl)c2)n1. The molecule has 2 nitrogen and oxygen atoms in total. The number of nitrogens with zero attached hydrogens (tertiary/aromatic N) is 2. The number of aryl methyl sites for hydroxylation is 1. The Hall–Kier alpha value is -1.19. The molecule has 18 heavy (non-hydrogen) atoms. The van der Waals surface area contributed by atoms with Gasteiger partial charge in [0.25, 0.3) is 0 Å². The number of hydrogen-bond acceptors (Lipinski definition) is 2. The van der Waals surface area contributed by atoms with Crippen LogP contribution in [0.2, 0.25) is 10.2 Å². The Morgan fingerprint density at radius 3 is 2.61 bits per heavy atom. The highest BCUT2D eigenvalue weighted by molar-refractivity contribution is 6.31. The van der Waals surface area contributed by atoms with E-state index in [1.54, 1.807) is 12.1 Å². The molecule has 1 heterocycles. The number of aromatic nitrogens is 2. The fraction of sp³-hybridized carbons (Fsp3) is 0.231. The highest BCUT2D eigenvalue weighted by atomic mass is 35.5. The number of hydrogen-bond donors (Lipinski definition) is 0. The summed E-state index contributed by atoms with van der Waals surface area (Å²) >= 11 is 11.7. The summed E-state index contributed by atoms with van der Waals surface area (Å²) in [5.41, 5.74) is 1.52. The van der Waals surface area contributed by atoms with E-state index in [0.29, 0.717) is 16.5 Å². The van der Waals surface area contributed by atoms with Gasteiger partial charge >= 0.3 is 0 Å². The van der Waals surface area contributed by atoms with Crippen molar-refractivity contribution in [2.75, 3.05) is 0 Å². The fourth-order valence-electron chi connectivity index (χ4n) is 1.61. The molecule has 0 aliphatic rings. The Balaban J connectivity index is 2.46. The summed E-state index contributed by atoms with van der Waals surface area (Å²) in [7, 11) is 0. The van der Waals surface area contributed by atoms with Gasteiger partial charge in [0.05, 0.1) is 5.02 Å². The van der Waals surface area contributed by atoms with Crippen LogP contribution in [0.25, 0.3) is 11.4 Å². The smallest absolute Gasteiger partial charge is 0.161 e. The topological polar surface area (TPSA) is 25.8 Å². The fourth-order valence-corrected chi connectivity index (χ4v) is 2.00. The number of rotatable bonds is 3. The first-order valence-corrected chi connectivity index (χ1v) is 6.34. The molecule has 0 bridgehead atoms. The van der Waals surface area contributed by atoms with Crippen molar-refractivity contribution in [1.82, 2.24) is 9.97 Å². The lowest BCUT2D eigenvalue weighted by molar-refractivity contribution is 0.628. The van der Waals surface area contributed by atoms with Crippen molar-refractivity contribution in [3.8, 4) is 11.4 Å². The Morgan fingerprint density at radius 2 is 1.94 bits per heavy atom. The van der Waals surface area contributed by atoms with Gasteiger partial charge < -0.3 is 0 Å². The van der Waals surface area contributed by atoms with Crippen LogP contribution in [-0.2, 0) is 6.42 Å². The van der Waals surface area contributed by atoms with Gasteiger partial charge in [0, 0.05) is 11.3 Å². The summed E-state index contributed by atoms with van der Waals surface area (Å²) in [5.74, 6) is 0.00377. The summed E-state index contributed by atoms with van der Waals surface area (Å²) in [6.45, 7) is 2.06. The molecule has 0 fully saturated rings. The third-order valence-electron chi connectivity index (χ3n) is 2.43. The predicted octanol–water partition coefficient (Wildman–Crippen LogP) is 4.54. The quantitative estimate of drug-likeness (QED) is 0.773. The molecule has 5 heteroatoms. The molecule has 0 saturated carbocycles. The van der Waals surface area contributed by atoms with Crippen LogP contribution in [0.4, 0.5) is 4.39 Å². The molecule has 0 N–H and O–H groups in total. The normalized spacial score (nSPS) is 10.7. The van der Waals surface area contributed by atoms with Crippen molar-refractivity contribution >= 4 is 23.2 Å². The third-order valence-corrected chi connectivity index (χ3v) is 2.92. The van der Waals surface area contributed by atoms with Crippen LogP contribution in [0.1, 0.15) is 19.0 Å². The molecule has 2 aromatic rings.